The quantitative estimate of drug-likeness (QED) is 0.570. The number of nitrogens with two attached hydrogens (primary N) is 1. The van der Waals surface area contributed by atoms with Gasteiger partial charge in [0.25, 0.3) is 0 Å². The Morgan fingerprint density at radius 2 is 1.92 bits per heavy atom. The van der Waals surface area contributed by atoms with Gasteiger partial charge in [-0.15, -0.1) is 0 Å². The summed E-state index contributed by atoms with van der Waals surface area (Å²) in [7, 11) is 0. The molecule has 0 spiro atoms. The van der Waals surface area contributed by atoms with Crippen molar-refractivity contribution in [1.82, 2.24) is 0 Å². The van der Waals surface area contributed by atoms with Gasteiger partial charge in [-0.25, -0.2) is 0 Å². The molecule has 2 atom stereocenters. The van der Waals surface area contributed by atoms with Crippen LogP contribution >= 0.6 is 31.9 Å². The second-order valence-electron chi connectivity index (χ2n) is 3.17. The second-order valence-corrected chi connectivity index (χ2v) is 5.33. The zero-order valence-corrected chi connectivity index (χ0v) is 11.1. The molecule has 1 amide bonds. The number of primary amides is 1. The summed E-state index contributed by atoms with van der Waals surface area (Å²) in [5, 5.41) is 0. The average Bonchev–Trinajstić information content (AvgIpc) is 2.10. The van der Waals surface area contributed by atoms with E-state index in [1.165, 1.54) is 19.3 Å². The minimum absolute atomic E-state index is 0.168. The van der Waals surface area contributed by atoms with Gasteiger partial charge in [0.15, 0.2) is 0 Å². The highest BCUT2D eigenvalue weighted by molar-refractivity contribution is 9.12. The van der Waals surface area contributed by atoms with Gasteiger partial charge in [0.1, 0.15) is 4.83 Å². The van der Waals surface area contributed by atoms with Gasteiger partial charge in [0.2, 0.25) is 5.91 Å². The van der Waals surface area contributed by atoms with E-state index in [1.54, 1.807) is 0 Å². The van der Waals surface area contributed by atoms with Gasteiger partial charge < -0.3 is 5.73 Å². The van der Waals surface area contributed by atoms with Gasteiger partial charge in [-0.3, -0.25) is 4.79 Å². The molecule has 2 nitrogen and oxygen atoms in total. The Kier molecular flexibility index (Phi) is 8.06. The van der Waals surface area contributed by atoms with Gasteiger partial charge in [-0.2, -0.15) is 0 Å². The van der Waals surface area contributed by atoms with Crippen molar-refractivity contribution in [3.8, 4) is 0 Å². The zero-order valence-electron chi connectivity index (χ0n) is 7.93. The van der Waals surface area contributed by atoms with Crippen LogP contribution in [-0.2, 0) is 4.79 Å². The van der Waals surface area contributed by atoms with E-state index in [2.05, 4.69) is 38.8 Å². The van der Waals surface area contributed by atoms with E-state index in [0.717, 1.165) is 12.8 Å². The number of hydrogen-bond donors (Lipinski definition) is 1. The monoisotopic (exact) mass is 313 g/mol. The third-order valence-electron chi connectivity index (χ3n) is 1.92. The Hall–Kier alpha value is 0.430. The van der Waals surface area contributed by atoms with Gasteiger partial charge in [-0.1, -0.05) is 64.5 Å². The number of carbonyl (C=O) groups is 1. The lowest BCUT2D eigenvalue weighted by atomic mass is 10.1. The molecule has 0 heterocycles. The van der Waals surface area contributed by atoms with Crippen molar-refractivity contribution < 1.29 is 4.79 Å². The Balaban J connectivity index is 3.50. The molecule has 0 aromatic heterocycles. The molecule has 0 aliphatic rings. The maximum atomic E-state index is 10.8. The number of halogens is 2. The van der Waals surface area contributed by atoms with Crippen molar-refractivity contribution in [3.63, 3.8) is 0 Å². The Morgan fingerprint density at radius 1 is 1.31 bits per heavy atom. The largest absolute Gasteiger partial charge is 0.369 e. The third-order valence-corrected chi connectivity index (χ3v) is 4.71. The molecule has 0 aliphatic heterocycles. The molecular formula is C9H17Br2NO. The molecular weight excluding hydrogens is 298 g/mol. The standard InChI is InChI=1S/C9H17Br2NO/c1-2-3-4-5-6-7(10)8(11)9(12)13/h7-8H,2-6H2,1H3,(H2,12,13). The van der Waals surface area contributed by atoms with E-state index in [-0.39, 0.29) is 15.6 Å². The van der Waals surface area contributed by atoms with Crippen molar-refractivity contribution in [3.05, 3.63) is 0 Å². The summed E-state index contributed by atoms with van der Waals surface area (Å²) in [6.07, 6.45) is 5.89. The van der Waals surface area contributed by atoms with Crippen LogP contribution in [0.3, 0.4) is 0 Å². The molecule has 0 fully saturated rings. The fourth-order valence-corrected chi connectivity index (χ4v) is 1.94. The van der Waals surface area contributed by atoms with Crippen molar-refractivity contribution >= 4 is 37.8 Å². The summed E-state index contributed by atoms with van der Waals surface area (Å²) in [6.45, 7) is 2.18. The minimum atomic E-state index is -0.294. The number of rotatable bonds is 7. The van der Waals surface area contributed by atoms with Crippen molar-refractivity contribution in [1.29, 1.82) is 0 Å². The van der Waals surface area contributed by atoms with E-state index in [0.29, 0.717) is 0 Å². The fourth-order valence-electron chi connectivity index (χ4n) is 1.09. The number of carbonyl (C=O) groups excluding carboxylic acids is 1. The van der Waals surface area contributed by atoms with E-state index in [4.69, 9.17) is 5.73 Å². The molecule has 0 aliphatic carbocycles. The van der Waals surface area contributed by atoms with E-state index in [1.807, 2.05) is 0 Å². The predicted molar refractivity (Wildman–Crippen MR) is 63.4 cm³/mol. The van der Waals surface area contributed by atoms with Crippen LogP contribution in [-0.4, -0.2) is 15.6 Å². The Labute approximate surface area is 96.9 Å². The molecule has 2 N–H and O–H groups in total. The lowest BCUT2D eigenvalue weighted by Crippen LogP contribution is -2.30. The second kappa shape index (κ2) is 7.80. The smallest absolute Gasteiger partial charge is 0.232 e. The Morgan fingerprint density at radius 3 is 2.38 bits per heavy atom. The summed E-state index contributed by atoms with van der Waals surface area (Å²) < 4.78 is 0. The Bertz CT molecular complexity index is 153. The summed E-state index contributed by atoms with van der Waals surface area (Å²) in [4.78, 5) is 10.7. The molecule has 0 saturated carbocycles. The first-order valence-corrected chi connectivity index (χ1v) is 6.50. The van der Waals surface area contributed by atoms with Crippen LogP contribution in [0.5, 0.6) is 0 Å². The summed E-state index contributed by atoms with van der Waals surface area (Å²) in [5.41, 5.74) is 5.15. The number of unbranched alkanes of at least 4 members (excludes halogenated alkanes) is 3. The first kappa shape index (κ1) is 13.4. The topological polar surface area (TPSA) is 43.1 Å². The van der Waals surface area contributed by atoms with Crippen molar-refractivity contribution in [2.75, 3.05) is 0 Å². The summed E-state index contributed by atoms with van der Waals surface area (Å²) in [5.74, 6) is -0.294. The minimum Gasteiger partial charge on any atom is -0.369 e. The lowest BCUT2D eigenvalue weighted by Gasteiger charge is -2.12. The first-order valence-electron chi connectivity index (χ1n) is 4.67. The van der Waals surface area contributed by atoms with Crippen LogP contribution in [0.2, 0.25) is 0 Å². The van der Waals surface area contributed by atoms with Crippen LogP contribution in [0.25, 0.3) is 0 Å². The molecule has 0 aromatic rings. The molecule has 0 aromatic carbocycles. The van der Waals surface area contributed by atoms with Gasteiger partial charge in [0, 0.05) is 4.83 Å². The van der Waals surface area contributed by atoms with Crippen LogP contribution in [0, 0.1) is 0 Å². The summed E-state index contributed by atoms with van der Waals surface area (Å²) >= 11 is 6.70. The van der Waals surface area contributed by atoms with Crippen LogP contribution in [0.15, 0.2) is 0 Å². The number of amides is 1. The molecule has 0 rings (SSSR count). The average molecular weight is 315 g/mol. The fraction of sp³-hybridized carbons (Fsp3) is 0.889. The number of alkyl halides is 2. The highest BCUT2D eigenvalue weighted by Gasteiger charge is 2.20. The molecule has 78 valence electrons. The van der Waals surface area contributed by atoms with Crippen molar-refractivity contribution in [2.45, 2.75) is 48.7 Å². The first-order chi connectivity index (χ1) is 6.09. The maximum absolute atomic E-state index is 10.8. The van der Waals surface area contributed by atoms with Crippen LogP contribution in [0.1, 0.15) is 39.0 Å². The predicted octanol–water partition coefficient (Wildman–Crippen LogP) is 2.97. The van der Waals surface area contributed by atoms with E-state index in [9.17, 15) is 4.79 Å². The molecule has 0 radical (unpaired) electrons. The molecule has 0 bridgehead atoms. The van der Waals surface area contributed by atoms with Crippen LogP contribution in [0.4, 0.5) is 0 Å². The molecule has 0 saturated heterocycles. The highest BCUT2D eigenvalue weighted by atomic mass is 79.9. The number of hydrogen-bond acceptors (Lipinski definition) is 1. The van der Waals surface area contributed by atoms with Crippen LogP contribution < -0.4 is 5.73 Å². The van der Waals surface area contributed by atoms with Gasteiger partial charge in [0.05, 0.1) is 0 Å². The summed E-state index contributed by atoms with van der Waals surface area (Å²) in [6, 6.07) is 0. The third kappa shape index (κ3) is 6.49. The molecule has 13 heavy (non-hydrogen) atoms. The molecule has 2 unspecified atom stereocenters. The normalized spacial score (nSPS) is 15.3. The highest BCUT2D eigenvalue weighted by Crippen LogP contribution is 2.20. The SMILES string of the molecule is CCCCCCC(Br)C(Br)C(N)=O. The van der Waals surface area contributed by atoms with Gasteiger partial charge in [-0.05, 0) is 6.42 Å². The zero-order chi connectivity index (χ0) is 10.3. The van der Waals surface area contributed by atoms with E-state index >= 15 is 0 Å². The maximum Gasteiger partial charge on any atom is 0.232 e. The van der Waals surface area contributed by atoms with Crippen molar-refractivity contribution in [2.24, 2.45) is 5.73 Å². The molecule has 4 heteroatoms. The van der Waals surface area contributed by atoms with Gasteiger partial charge >= 0.3 is 0 Å². The lowest BCUT2D eigenvalue weighted by molar-refractivity contribution is -0.117. The van der Waals surface area contributed by atoms with E-state index < -0.39 is 0 Å².